The smallest absolute Gasteiger partial charge is 0.305 e. The highest BCUT2D eigenvalue weighted by Gasteiger charge is 2.53. The van der Waals surface area contributed by atoms with Gasteiger partial charge in [-0.1, -0.05) is 48.5 Å². The van der Waals surface area contributed by atoms with E-state index in [1.165, 1.54) is 0 Å². The van der Waals surface area contributed by atoms with Crippen LogP contribution in [0.1, 0.15) is 24.0 Å². The Morgan fingerprint density at radius 2 is 1.74 bits per heavy atom. The van der Waals surface area contributed by atoms with Gasteiger partial charge in [0.25, 0.3) is 0 Å². The summed E-state index contributed by atoms with van der Waals surface area (Å²) in [6.45, 7) is 0.680. The van der Waals surface area contributed by atoms with Gasteiger partial charge in [0.05, 0.1) is 6.54 Å². The number of hydrogen-bond acceptors (Lipinski definition) is 3. The molecule has 23 heavy (non-hydrogen) atoms. The molecule has 0 saturated carbocycles. The second-order valence-electron chi connectivity index (χ2n) is 6.14. The number of esters is 1. The lowest BCUT2D eigenvalue weighted by atomic mass is 9.77. The van der Waals surface area contributed by atoms with Gasteiger partial charge in [0, 0.05) is 12.1 Å². The van der Waals surface area contributed by atoms with Gasteiger partial charge in [-0.15, -0.1) is 0 Å². The third-order valence-electron chi connectivity index (χ3n) is 4.78. The fraction of sp³-hybridized carbons (Fsp3) is 0.263. The van der Waals surface area contributed by atoms with Gasteiger partial charge in [0.2, 0.25) is 5.91 Å². The van der Waals surface area contributed by atoms with Gasteiger partial charge >= 0.3 is 5.97 Å². The van der Waals surface area contributed by atoms with Crippen molar-refractivity contribution in [3.05, 3.63) is 65.7 Å². The number of ether oxygens (including phenoxy) is 1. The number of carbonyl (C=O) groups is 2. The molecule has 0 aliphatic carbocycles. The molecule has 1 atom stereocenters. The topological polar surface area (TPSA) is 46.6 Å². The van der Waals surface area contributed by atoms with Gasteiger partial charge in [-0.25, -0.2) is 0 Å². The predicted octanol–water partition coefficient (Wildman–Crippen LogP) is 2.81. The maximum Gasteiger partial charge on any atom is 0.305 e. The highest BCUT2D eigenvalue weighted by molar-refractivity contribution is 6.08. The zero-order valence-electron chi connectivity index (χ0n) is 12.7. The molecule has 0 bridgehead atoms. The van der Waals surface area contributed by atoms with E-state index in [4.69, 9.17) is 4.74 Å². The molecule has 4 rings (SSSR count). The molecule has 116 valence electrons. The quantitative estimate of drug-likeness (QED) is 0.802. The van der Waals surface area contributed by atoms with Crippen molar-refractivity contribution in [3.8, 4) is 0 Å². The second kappa shape index (κ2) is 5.23. The van der Waals surface area contributed by atoms with E-state index in [1.54, 1.807) is 0 Å². The van der Waals surface area contributed by atoms with Crippen molar-refractivity contribution in [3.63, 3.8) is 0 Å². The van der Waals surface area contributed by atoms with E-state index in [-0.39, 0.29) is 18.5 Å². The number of amides is 1. The van der Waals surface area contributed by atoms with Crippen LogP contribution in [-0.2, 0) is 26.3 Å². The molecular formula is C19H17NO3. The Bertz CT molecular complexity index is 759. The largest absolute Gasteiger partial charge is 0.464 e. The number of benzene rings is 2. The molecule has 2 aliphatic rings. The van der Waals surface area contributed by atoms with E-state index in [0.717, 1.165) is 16.8 Å². The lowest BCUT2D eigenvalue weighted by Crippen LogP contribution is -2.46. The second-order valence-corrected chi connectivity index (χ2v) is 6.14. The summed E-state index contributed by atoms with van der Waals surface area (Å²) in [5.41, 5.74) is 2.28. The molecule has 1 fully saturated rings. The monoisotopic (exact) mass is 307 g/mol. The molecule has 2 aromatic carbocycles. The zero-order chi connectivity index (χ0) is 15.9. The predicted molar refractivity (Wildman–Crippen MR) is 85.9 cm³/mol. The minimum Gasteiger partial charge on any atom is -0.464 e. The number of hydrogen-bond donors (Lipinski definition) is 0. The molecule has 2 aliphatic heterocycles. The number of cyclic esters (lactones) is 1. The van der Waals surface area contributed by atoms with Crippen LogP contribution < -0.4 is 4.90 Å². The van der Waals surface area contributed by atoms with Gasteiger partial charge in [-0.05, 0) is 23.6 Å². The summed E-state index contributed by atoms with van der Waals surface area (Å²) in [4.78, 5) is 26.5. The third-order valence-corrected chi connectivity index (χ3v) is 4.78. The Hall–Kier alpha value is -2.62. The van der Waals surface area contributed by atoms with Crippen LogP contribution >= 0.6 is 0 Å². The molecule has 1 amide bonds. The normalized spacial score (nSPS) is 23.0. The molecule has 0 aromatic heterocycles. The summed E-state index contributed by atoms with van der Waals surface area (Å²) in [5.74, 6) is -0.183. The number of para-hydroxylation sites is 1. The molecule has 1 unspecified atom stereocenters. The van der Waals surface area contributed by atoms with E-state index in [2.05, 4.69) is 0 Å². The van der Waals surface area contributed by atoms with Crippen LogP contribution in [0.15, 0.2) is 54.6 Å². The number of nitrogens with zero attached hydrogens (tertiary/aromatic N) is 1. The minimum absolute atomic E-state index is 0.0371. The highest BCUT2D eigenvalue weighted by Crippen LogP contribution is 2.46. The van der Waals surface area contributed by atoms with Crippen LogP contribution in [0, 0.1) is 0 Å². The van der Waals surface area contributed by atoms with Crippen LogP contribution in [-0.4, -0.2) is 18.5 Å². The molecule has 1 saturated heterocycles. The van der Waals surface area contributed by atoms with Crippen molar-refractivity contribution in [2.75, 3.05) is 11.5 Å². The molecular weight excluding hydrogens is 290 g/mol. The number of rotatable bonds is 2. The van der Waals surface area contributed by atoms with Gasteiger partial charge in [0.1, 0.15) is 12.0 Å². The fourth-order valence-corrected chi connectivity index (χ4v) is 3.56. The zero-order valence-corrected chi connectivity index (χ0v) is 12.7. The van der Waals surface area contributed by atoms with Crippen LogP contribution in [0.5, 0.6) is 0 Å². The average Bonchev–Trinajstić information content (AvgIpc) is 2.82. The van der Waals surface area contributed by atoms with Crippen molar-refractivity contribution < 1.29 is 14.3 Å². The van der Waals surface area contributed by atoms with Crippen molar-refractivity contribution in [2.24, 2.45) is 0 Å². The van der Waals surface area contributed by atoms with Gasteiger partial charge in [0.15, 0.2) is 0 Å². The Morgan fingerprint density at radius 1 is 1.00 bits per heavy atom. The Balaban J connectivity index is 1.75. The first-order chi connectivity index (χ1) is 11.2. The molecule has 1 spiro atoms. The van der Waals surface area contributed by atoms with Crippen LogP contribution in [0.2, 0.25) is 0 Å². The fourth-order valence-electron chi connectivity index (χ4n) is 3.56. The van der Waals surface area contributed by atoms with E-state index in [0.29, 0.717) is 19.4 Å². The lowest BCUT2D eigenvalue weighted by Gasteiger charge is -2.31. The van der Waals surface area contributed by atoms with Crippen LogP contribution in [0.25, 0.3) is 0 Å². The minimum atomic E-state index is -0.709. The molecule has 2 aromatic rings. The Labute approximate surface area is 134 Å². The molecule has 2 heterocycles. The van der Waals surface area contributed by atoms with Crippen LogP contribution in [0.3, 0.4) is 0 Å². The first kappa shape index (κ1) is 14.0. The summed E-state index contributed by atoms with van der Waals surface area (Å²) in [6, 6.07) is 17.8. The van der Waals surface area contributed by atoms with Crippen LogP contribution in [0.4, 0.5) is 5.69 Å². The van der Waals surface area contributed by atoms with Crippen molar-refractivity contribution in [1.29, 1.82) is 0 Å². The lowest BCUT2D eigenvalue weighted by molar-refractivity contribution is -0.153. The van der Waals surface area contributed by atoms with E-state index < -0.39 is 5.41 Å². The standard InChI is InChI=1S/C19H17NO3/c21-17-10-11-19(13-23-17)15-8-4-5-9-16(15)20(18(19)22)12-14-6-2-1-3-7-14/h1-9H,10-13H2. The summed E-state index contributed by atoms with van der Waals surface area (Å²) >= 11 is 0. The first-order valence-electron chi connectivity index (χ1n) is 7.82. The van der Waals surface area contributed by atoms with Crippen molar-refractivity contribution in [2.45, 2.75) is 24.8 Å². The SMILES string of the molecule is O=C1CCC2(CO1)C(=O)N(Cc1ccccc1)c1ccccc12. The number of fused-ring (bicyclic) bond motifs is 2. The summed E-state index contributed by atoms with van der Waals surface area (Å²) in [5, 5.41) is 0. The average molecular weight is 307 g/mol. The first-order valence-corrected chi connectivity index (χ1v) is 7.82. The molecule has 4 heteroatoms. The Morgan fingerprint density at radius 3 is 2.48 bits per heavy atom. The van der Waals surface area contributed by atoms with Crippen molar-refractivity contribution >= 4 is 17.6 Å². The highest BCUT2D eigenvalue weighted by atomic mass is 16.5. The molecule has 4 nitrogen and oxygen atoms in total. The van der Waals surface area contributed by atoms with Gasteiger partial charge in [-0.2, -0.15) is 0 Å². The maximum atomic E-state index is 13.2. The van der Waals surface area contributed by atoms with Gasteiger partial charge < -0.3 is 9.64 Å². The summed E-state index contributed by atoms with van der Waals surface area (Å²) in [7, 11) is 0. The summed E-state index contributed by atoms with van der Waals surface area (Å²) in [6.07, 6.45) is 0.812. The van der Waals surface area contributed by atoms with Gasteiger partial charge in [-0.3, -0.25) is 9.59 Å². The maximum absolute atomic E-state index is 13.2. The number of anilines is 1. The molecule has 0 radical (unpaired) electrons. The van der Waals surface area contributed by atoms with Crippen molar-refractivity contribution in [1.82, 2.24) is 0 Å². The number of carbonyl (C=O) groups excluding carboxylic acids is 2. The molecule has 0 N–H and O–H groups in total. The van der Waals surface area contributed by atoms with E-state index in [9.17, 15) is 9.59 Å². The van der Waals surface area contributed by atoms with E-state index in [1.807, 2.05) is 59.5 Å². The third kappa shape index (κ3) is 2.13. The van der Waals surface area contributed by atoms with E-state index >= 15 is 0 Å². The Kier molecular flexibility index (Phi) is 3.18. The summed E-state index contributed by atoms with van der Waals surface area (Å²) < 4.78 is 5.25.